The van der Waals surface area contributed by atoms with Crippen LogP contribution in [0, 0.1) is 0 Å². The summed E-state index contributed by atoms with van der Waals surface area (Å²) in [4.78, 5) is 19.6. The Balaban J connectivity index is 1.47. The number of rotatable bonds is 3. The second-order valence-electron chi connectivity index (χ2n) is 7.21. The van der Waals surface area contributed by atoms with Crippen molar-refractivity contribution in [2.45, 2.75) is 37.6 Å². The van der Waals surface area contributed by atoms with Gasteiger partial charge in [0, 0.05) is 29.1 Å². The summed E-state index contributed by atoms with van der Waals surface area (Å²) in [7, 11) is 0. The predicted molar refractivity (Wildman–Crippen MR) is 100 cm³/mol. The van der Waals surface area contributed by atoms with E-state index in [2.05, 4.69) is 15.2 Å². The molecular formula is C20H19ClN4O. The van der Waals surface area contributed by atoms with Crippen LogP contribution < -0.4 is 0 Å². The van der Waals surface area contributed by atoms with Crippen molar-refractivity contribution >= 4 is 28.5 Å². The third-order valence-electron chi connectivity index (χ3n) is 5.43. The van der Waals surface area contributed by atoms with Crippen LogP contribution in [0.25, 0.3) is 11.0 Å². The zero-order valence-corrected chi connectivity index (χ0v) is 15.0. The van der Waals surface area contributed by atoms with Gasteiger partial charge in [0.05, 0.1) is 17.3 Å². The SMILES string of the molecule is O=C(c1cnc2[nH]nc(C3CC3)c2c1)N1CCC[C@@H]1c1ccc(Cl)cc1. The Morgan fingerprint density at radius 1 is 1.19 bits per heavy atom. The highest BCUT2D eigenvalue weighted by Gasteiger charge is 2.32. The van der Waals surface area contributed by atoms with E-state index in [1.165, 1.54) is 12.8 Å². The molecule has 5 rings (SSSR count). The summed E-state index contributed by atoms with van der Waals surface area (Å²) in [6, 6.07) is 9.86. The van der Waals surface area contributed by atoms with Crippen LogP contribution in [0.4, 0.5) is 0 Å². The van der Waals surface area contributed by atoms with E-state index in [4.69, 9.17) is 11.6 Å². The van der Waals surface area contributed by atoms with Crippen molar-refractivity contribution < 1.29 is 4.79 Å². The minimum atomic E-state index is 0.0415. The molecule has 6 heteroatoms. The number of pyridine rings is 1. The van der Waals surface area contributed by atoms with Gasteiger partial charge in [0.2, 0.25) is 0 Å². The molecule has 1 saturated carbocycles. The van der Waals surface area contributed by atoms with Crippen molar-refractivity contribution in [2.75, 3.05) is 6.54 Å². The van der Waals surface area contributed by atoms with E-state index >= 15 is 0 Å². The molecule has 0 radical (unpaired) electrons. The maximum Gasteiger partial charge on any atom is 0.255 e. The zero-order valence-electron chi connectivity index (χ0n) is 14.3. The summed E-state index contributed by atoms with van der Waals surface area (Å²) in [5.74, 6) is 0.560. The molecule has 1 N–H and O–H groups in total. The average Bonchev–Trinajstić information content (AvgIpc) is 3.23. The van der Waals surface area contributed by atoms with Gasteiger partial charge in [-0.3, -0.25) is 9.89 Å². The second-order valence-corrected chi connectivity index (χ2v) is 7.65. The van der Waals surface area contributed by atoms with E-state index < -0.39 is 0 Å². The van der Waals surface area contributed by atoms with E-state index in [9.17, 15) is 4.79 Å². The molecule has 3 aromatic rings. The maximum absolute atomic E-state index is 13.2. The predicted octanol–water partition coefficient (Wildman–Crippen LogP) is 4.47. The third-order valence-corrected chi connectivity index (χ3v) is 5.68. The Bertz CT molecular complexity index is 977. The van der Waals surface area contributed by atoms with E-state index in [1.807, 2.05) is 35.2 Å². The number of amides is 1. The quantitative estimate of drug-likeness (QED) is 0.744. The molecule has 1 aliphatic carbocycles. The molecule has 1 atom stereocenters. The van der Waals surface area contributed by atoms with E-state index in [0.29, 0.717) is 16.5 Å². The molecule has 2 aliphatic rings. The number of hydrogen-bond acceptors (Lipinski definition) is 3. The van der Waals surface area contributed by atoms with Crippen LogP contribution in [0.2, 0.25) is 5.02 Å². The maximum atomic E-state index is 13.2. The van der Waals surface area contributed by atoms with Crippen molar-refractivity contribution in [2.24, 2.45) is 0 Å². The van der Waals surface area contributed by atoms with Crippen LogP contribution in [-0.4, -0.2) is 32.5 Å². The number of aromatic amines is 1. The highest BCUT2D eigenvalue weighted by molar-refractivity contribution is 6.30. The van der Waals surface area contributed by atoms with Gasteiger partial charge >= 0.3 is 0 Å². The summed E-state index contributed by atoms with van der Waals surface area (Å²) in [5, 5.41) is 9.09. The molecule has 2 fully saturated rings. The lowest BCUT2D eigenvalue weighted by Crippen LogP contribution is -2.30. The van der Waals surface area contributed by atoms with Crippen LogP contribution >= 0.6 is 11.6 Å². The number of aromatic nitrogens is 3. The van der Waals surface area contributed by atoms with Crippen LogP contribution in [0.15, 0.2) is 36.5 Å². The molecule has 1 aliphatic heterocycles. The van der Waals surface area contributed by atoms with Gasteiger partial charge in [0.15, 0.2) is 5.65 Å². The molecular weight excluding hydrogens is 348 g/mol. The Kier molecular flexibility index (Phi) is 3.71. The van der Waals surface area contributed by atoms with Gasteiger partial charge in [-0.1, -0.05) is 23.7 Å². The Morgan fingerprint density at radius 3 is 2.77 bits per heavy atom. The smallest absolute Gasteiger partial charge is 0.255 e. The fourth-order valence-corrected chi connectivity index (χ4v) is 4.04. The Labute approximate surface area is 156 Å². The zero-order chi connectivity index (χ0) is 17.7. The number of halogens is 1. The second kappa shape index (κ2) is 6.09. The number of fused-ring (bicyclic) bond motifs is 1. The highest BCUT2D eigenvalue weighted by Crippen LogP contribution is 2.42. The summed E-state index contributed by atoms with van der Waals surface area (Å²) < 4.78 is 0. The molecule has 132 valence electrons. The largest absolute Gasteiger partial charge is 0.332 e. The molecule has 2 aromatic heterocycles. The topological polar surface area (TPSA) is 61.9 Å². The van der Waals surface area contributed by atoms with Gasteiger partial charge in [-0.15, -0.1) is 0 Å². The number of likely N-dealkylation sites (tertiary alicyclic amines) is 1. The third kappa shape index (κ3) is 2.67. The van der Waals surface area contributed by atoms with Crippen molar-refractivity contribution in [1.82, 2.24) is 20.1 Å². The van der Waals surface area contributed by atoms with Crippen molar-refractivity contribution in [3.63, 3.8) is 0 Å². The number of benzene rings is 1. The van der Waals surface area contributed by atoms with Crippen molar-refractivity contribution in [1.29, 1.82) is 0 Å². The van der Waals surface area contributed by atoms with Crippen LogP contribution in [0.1, 0.15) is 59.3 Å². The first-order valence-electron chi connectivity index (χ1n) is 9.11. The highest BCUT2D eigenvalue weighted by atomic mass is 35.5. The molecule has 26 heavy (non-hydrogen) atoms. The molecule has 0 bridgehead atoms. The monoisotopic (exact) mass is 366 g/mol. The number of nitrogens with one attached hydrogen (secondary N) is 1. The van der Waals surface area contributed by atoms with E-state index in [-0.39, 0.29) is 11.9 Å². The molecule has 5 nitrogen and oxygen atoms in total. The van der Waals surface area contributed by atoms with Gasteiger partial charge in [0.25, 0.3) is 5.91 Å². The molecule has 1 aromatic carbocycles. The summed E-state index contributed by atoms with van der Waals surface area (Å²) in [5.41, 5.74) is 3.59. The standard InChI is InChI=1S/C20H19ClN4O/c21-15-7-5-12(6-8-15)17-2-1-9-25(17)20(26)14-10-16-18(13-3-4-13)23-24-19(16)22-11-14/h5-8,10-11,13,17H,1-4,9H2,(H,22,23,24)/t17-/m1/s1. The van der Waals surface area contributed by atoms with E-state index in [1.54, 1.807) is 6.20 Å². The average molecular weight is 367 g/mol. The molecule has 1 saturated heterocycles. The lowest BCUT2D eigenvalue weighted by Gasteiger charge is -2.25. The van der Waals surface area contributed by atoms with Crippen LogP contribution in [-0.2, 0) is 0 Å². The van der Waals surface area contributed by atoms with Crippen LogP contribution in [0.5, 0.6) is 0 Å². The van der Waals surface area contributed by atoms with Crippen molar-refractivity contribution in [3.8, 4) is 0 Å². The molecule has 0 spiro atoms. The van der Waals surface area contributed by atoms with Gasteiger partial charge in [-0.25, -0.2) is 4.98 Å². The fraction of sp³-hybridized carbons (Fsp3) is 0.350. The normalized spacial score (nSPS) is 20.0. The number of carbonyl (C=O) groups excluding carboxylic acids is 1. The van der Waals surface area contributed by atoms with Gasteiger partial charge < -0.3 is 4.90 Å². The number of H-pyrrole nitrogens is 1. The van der Waals surface area contributed by atoms with E-state index in [0.717, 1.165) is 41.7 Å². The van der Waals surface area contributed by atoms with Crippen molar-refractivity contribution in [3.05, 3.63) is 58.4 Å². The minimum absolute atomic E-state index is 0.0415. The number of nitrogens with zero attached hydrogens (tertiary/aromatic N) is 3. The molecule has 1 amide bonds. The minimum Gasteiger partial charge on any atom is -0.332 e. The summed E-state index contributed by atoms with van der Waals surface area (Å²) >= 11 is 6.01. The van der Waals surface area contributed by atoms with Gasteiger partial charge in [0.1, 0.15) is 0 Å². The lowest BCUT2D eigenvalue weighted by atomic mass is 10.0. The van der Waals surface area contributed by atoms with Gasteiger partial charge in [-0.05, 0) is 49.4 Å². The lowest BCUT2D eigenvalue weighted by molar-refractivity contribution is 0.0735. The summed E-state index contributed by atoms with van der Waals surface area (Å²) in [6.07, 6.45) is 5.98. The Morgan fingerprint density at radius 2 is 2.00 bits per heavy atom. The first-order valence-corrected chi connectivity index (χ1v) is 9.49. The fourth-order valence-electron chi connectivity index (χ4n) is 3.91. The molecule has 3 heterocycles. The van der Waals surface area contributed by atoms with Gasteiger partial charge in [-0.2, -0.15) is 5.10 Å². The number of hydrogen-bond donors (Lipinski definition) is 1. The summed E-state index contributed by atoms with van der Waals surface area (Å²) in [6.45, 7) is 0.769. The Hall–Kier alpha value is -2.40. The molecule has 0 unspecified atom stereocenters. The van der Waals surface area contributed by atoms with Crippen LogP contribution in [0.3, 0.4) is 0 Å². The first-order chi connectivity index (χ1) is 12.7. The number of carbonyl (C=O) groups is 1. The first kappa shape index (κ1) is 15.8.